The van der Waals surface area contributed by atoms with Crippen molar-refractivity contribution in [2.24, 2.45) is 0 Å². The highest BCUT2D eigenvalue weighted by Crippen LogP contribution is 2.21. The number of ether oxygens (including phenoxy) is 1. The average molecular weight is 355 g/mol. The second kappa shape index (κ2) is 8.29. The van der Waals surface area contributed by atoms with Crippen LogP contribution >= 0.6 is 0 Å². The van der Waals surface area contributed by atoms with Crippen LogP contribution in [-0.4, -0.2) is 29.9 Å². The molecule has 0 unspecified atom stereocenters. The van der Waals surface area contributed by atoms with Gasteiger partial charge in [0.25, 0.3) is 0 Å². The molecule has 0 saturated heterocycles. The van der Waals surface area contributed by atoms with E-state index >= 15 is 0 Å². The average Bonchev–Trinajstić information content (AvgIpc) is 2.61. The number of aryl methyl sites for hydroxylation is 2. The van der Waals surface area contributed by atoms with Crippen molar-refractivity contribution >= 4 is 23.3 Å². The van der Waals surface area contributed by atoms with E-state index in [1.165, 1.54) is 6.07 Å². The predicted molar refractivity (Wildman–Crippen MR) is 98.1 cm³/mol. The highest BCUT2D eigenvalue weighted by molar-refractivity contribution is 6.00. The van der Waals surface area contributed by atoms with Crippen molar-refractivity contribution < 1.29 is 24.2 Å². The third-order valence-electron chi connectivity index (χ3n) is 4.07. The largest absolute Gasteiger partial charge is 0.497 e. The van der Waals surface area contributed by atoms with Gasteiger partial charge in [-0.1, -0.05) is 6.07 Å². The van der Waals surface area contributed by atoms with Crippen molar-refractivity contribution in [3.8, 4) is 5.75 Å². The number of aromatic carboxylic acids is 1. The zero-order valence-corrected chi connectivity index (χ0v) is 15.0. The molecule has 0 bridgehead atoms. The Bertz CT molecular complexity index is 840. The van der Waals surface area contributed by atoms with E-state index in [1.807, 2.05) is 0 Å². The van der Waals surface area contributed by atoms with Crippen molar-refractivity contribution in [2.45, 2.75) is 26.7 Å². The van der Waals surface area contributed by atoms with Crippen molar-refractivity contribution in [3.05, 3.63) is 58.7 Å². The van der Waals surface area contributed by atoms with Crippen LogP contribution in [0.4, 0.5) is 5.69 Å². The molecular weight excluding hydrogens is 334 g/mol. The van der Waals surface area contributed by atoms with Gasteiger partial charge < -0.3 is 15.2 Å². The Kier molecular flexibility index (Phi) is 6.11. The van der Waals surface area contributed by atoms with Crippen LogP contribution in [0, 0.1) is 13.8 Å². The van der Waals surface area contributed by atoms with E-state index in [2.05, 4.69) is 5.32 Å². The predicted octanol–water partition coefficient (Wildman–Crippen LogP) is 3.61. The number of Topliss-reactive ketones (excluding diaryl/α,β-unsaturated/α-hetero) is 1. The molecule has 26 heavy (non-hydrogen) atoms. The molecule has 6 nitrogen and oxygen atoms in total. The number of carboxylic acid groups (broad SMARTS) is 1. The van der Waals surface area contributed by atoms with Crippen molar-refractivity contribution in [1.82, 2.24) is 0 Å². The van der Waals surface area contributed by atoms with Gasteiger partial charge in [0.1, 0.15) is 5.75 Å². The van der Waals surface area contributed by atoms with Gasteiger partial charge in [0, 0.05) is 24.1 Å². The Morgan fingerprint density at radius 3 is 2.23 bits per heavy atom. The van der Waals surface area contributed by atoms with Crippen LogP contribution in [0.15, 0.2) is 36.4 Å². The van der Waals surface area contributed by atoms with Crippen molar-refractivity contribution in [1.29, 1.82) is 0 Å². The van der Waals surface area contributed by atoms with Gasteiger partial charge in [0.2, 0.25) is 5.91 Å². The maximum absolute atomic E-state index is 12.2. The Hall–Kier alpha value is -3.15. The summed E-state index contributed by atoms with van der Waals surface area (Å²) >= 11 is 0. The summed E-state index contributed by atoms with van der Waals surface area (Å²) in [6.07, 6.45) is 0.0788. The smallest absolute Gasteiger partial charge is 0.336 e. The molecule has 2 rings (SSSR count). The fourth-order valence-electron chi connectivity index (χ4n) is 2.58. The maximum Gasteiger partial charge on any atom is 0.336 e. The lowest BCUT2D eigenvalue weighted by atomic mass is 10.0. The maximum atomic E-state index is 12.2. The fraction of sp³-hybridized carbons (Fsp3) is 0.250. The number of hydrogen-bond acceptors (Lipinski definition) is 4. The van der Waals surface area contributed by atoms with Crippen LogP contribution in [0.2, 0.25) is 0 Å². The number of benzene rings is 2. The first-order valence-electron chi connectivity index (χ1n) is 8.13. The van der Waals surface area contributed by atoms with Gasteiger partial charge in [0.05, 0.1) is 12.7 Å². The van der Waals surface area contributed by atoms with Crippen molar-refractivity contribution in [2.75, 3.05) is 12.4 Å². The minimum Gasteiger partial charge on any atom is -0.497 e. The molecular formula is C20H21NO5. The zero-order chi connectivity index (χ0) is 19.3. The number of hydrogen-bond donors (Lipinski definition) is 2. The summed E-state index contributed by atoms with van der Waals surface area (Å²) in [5, 5.41) is 11.9. The normalized spacial score (nSPS) is 10.3. The standard InChI is InChI=1S/C20H21NO5/c1-12-10-13(2)17(11-16(12)20(24)25)21-19(23)9-8-18(22)14-4-6-15(26-3)7-5-14/h4-7,10-11H,8-9H2,1-3H3,(H,21,23)(H,24,25). The second-order valence-electron chi connectivity index (χ2n) is 5.99. The lowest BCUT2D eigenvalue weighted by Crippen LogP contribution is -2.15. The van der Waals surface area contributed by atoms with Gasteiger partial charge >= 0.3 is 5.97 Å². The SMILES string of the molecule is COc1ccc(C(=O)CCC(=O)Nc2cc(C(=O)O)c(C)cc2C)cc1. The van der Waals surface area contributed by atoms with E-state index in [1.54, 1.807) is 51.3 Å². The zero-order valence-electron chi connectivity index (χ0n) is 15.0. The van der Waals surface area contributed by atoms with Gasteiger partial charge in [-0.2, -0.15) is 0 Å². The molecule has 0 aromatic heterocycles. The fourth-order valence-corrected chi connectivity index (χ4v) is 2.58. The van der Waals surface area contributed by atoms with E-state index in [0.717, 1.165) is 5.56 Å². The Morgan fingerprint density at radius 1 is 1.00 bits per heavy atom. The molecule has 0 heterocycles. The Labute approximate surface area is 151 Å². The second-order valence-corrected chi connectivity index (χ2v) is 5.99. The molecule has 136 valence electrons. The van der Waals surface area contributed by atoms with Gasteiger partial charge in [-0.15, -0.1) is 0 Å². The topological polar surface area (TPSA) is 92.7 Å². The number of anilines is 1. The molecule has 0 aliphatic rings. The summed E-state index contributed by atoms with van der Waals surface area (Å²) in [6.45, 7) is 3.49. The number of carbonyl (C=O) groups excluding carboxylic acids is 2. The number of carbonyl (C=O) groups is 3. The van der Waals surface area contributed by atoms with Crippen LogP contribution < -0.4 is 10.1 Å². The molecule has 0 fully saturated rings. The van der Waals surface area contributed by atoms with Crippen LogP contribution in [0.1, 0.15) is 44.7 Å². The summed E-state index contributed by atoms with van der Waals surface area (Å²) in [4.78, 5) is 35.5. The van der Waals surface area contributed by atoms with Gasteiger partial charge in [0.15, 0.2) is 5.78 Å². The number of ketones is 1. The number of amides is 1. The molecule has 0 aliphatic heterocycles. The third-order valence-corrected chi connectivity index (χ3v) is 4.07. The van der Waals surface area contributed by atoms with Gasteiger partial charge in [-0.25, -0.2) is 4.79 Å². The number of carboxylic acids is 1. The molecule has 0 saturated carbocycles. The van der Waals surface area contributed by atoms with Crippen LogP contribution in [0.5, 0.6) is 5.75 Å². The summed E-state index contributed by atoms with van der Waals surface area (Å²) in [5.41, 5.74) is 2.48. The van der Waals surface area contributed by atoms with Crippen molar-refractivity contribution in [3.63, 3.8) is 0 Å². The van der Waals surface area contributed by atoms with E-state index in [0.29, 0.717) is 22.6 Å². The molecule has 2 aromatic rings. The molecule has 0 atom stereocenters. The minimum atomic E-state index is -1.05. The van der Waals surface area contributed by atoms with Crippen LogP contribution in [0.25, 0.3) is 0 Å². The first-order chi connectivity index (χ1) is 12.3. The first kappa shape index (κ1) is 19.2. The van der Waals surface area contributed by atoms with Gasteiger partial charge in [-0.05, 0) is 55.3 Å². The quantitative estimate of drug-likeness (QED) is 0.740. The van der Waals surface area contributed by atoms with Crippen LogP contribution in [0.3, 0.4) is 0 Å². The Balaban J connectivity index is 1.99. The van der Waals surface area contributed by atoms with Crippen LogP contribution in [-0.2, 0) is 4.79 Å². The molecule has 2 N–H and O–H groups in total. The molecule has 0 radical (unpaired) electrons. The summed E-state index contributed by atoms with van der Waals surface area (Å²) in [5.74, 6) is -0.874. The summed E-state index contributed by atoms with van der Waals surface area (Å²) in [6, 6.07) is 9.84. The third kappa shape index (κ3) is 4.69. The molecule has 6 heteroatoms. The molecule has 1 amide bonds. The van der Waals surface area contributed by atoms with E-state index in [9.17, 15) is 19.5 Å². The molecule has 0 spiro atoms. The lowest BCUT2D eigenvalue weighted by molar-refractivity contribution is -0.116. The number of methoxy groups -OCH3 is 1. The Morgan fingerprint density at radius 2 is 1.65 bits per heavy atom. The van der Waals surface area contributed by atoms with E-state index in [-0.39, 0.29) is 30.1 Å². The van der Waals surface area contributed by atoms with Gasteiger partial charge in [-0.3, -0.25) is 9.59 Å². The lowest BCUT2D eigenvalue weighted by Gasteiger charge is -2.11. The molecule has 0 aliphatic carbocycles. The first-order valence-corrected chi connectivity index (χ1v) is 8.13. The van der Waals surface area contributed by atoms with E-state index < -0.39 is 5.97 Å². The minimum absolute atomic E-state index is 0.0145. The highest BCUT2D eigenvalue weighted by atomic mass is 16.5. The molecule has 2 aromatic carbocycles. The summed E-state index contributed by atoms with van der Waals surface area (Å²) in [7, 11) is 1.55. The summed E-state index contributed by atoms with van der Waals surface area (Å²) < 4.78 is 5.04. The van der Waals surface area contributed by atoms with E-state index in [4.69, 9.17) is 4.74 Å². The highest BCUT2D eigenvalue weighted by Gasteiger charge is 2.14. The monoisotopic (exact) mass is 355 g/mol. The number of rotatable bonds is 7. The number of nitrogens with one attached hydrogen (secondary N) is 1.